The van der Waals surface area contributed by atoms with Gasteiger partial charge in [-0.1, -0.05) is 30.4 Å². The van der Waals surface area contributed by atoms with Gasteiger partial charge in [-0.05, 0) is 30.9 Å². The molecule has 1 aliphatic heterocycles. The van der Waals surface area contributed by atoms with Gasteiger partial charge in [0.25, 0.3) is 0 Å². The van der Waals surface area contributed by atoms with Crippen LogP contribution in [0.1, 0.15) is 12.8 Å². The predicted molar refractivity (Wildman–Crippen MR) is 79.4 cm³/mol. The summed E-state index contributed by atoms with van der Waals surface area (Å²) in [4.78, 5) is 39.0. The van der Waals surface area contributed by atoms with Crippen molar-refractivity contribution in [3.63, 3.8) is 0 Å². The number of rotatable bonds is 2. The summed E-state index contributed by atoms with van der Waals surface area (Å²) in [6.45, 7) is 0. The van der Waals surface area contributed by atoms with E-state index in [1.54, 1.807) is 30.3 Å². The first-order valence-corrected chi connectivity index (χ1v) is 7.48. The van der Waals surface area contributed by atoms with Gasteiger partial charge in [-0.2, -0.15) is 0 Å². The Hall–Kier alpha value is -2.43. The van der Waals surface area contributed by atoms with Crippen LogP contribution in [-0.2, 0) is 14.4 Å². The van der Waals surface area contributed by atoms with E-state index in [9.17, 15) is 14.4 Å². The molecule has 1 heterocycles. The Bertz CT molecular complexity index is 712. The molecule has 0 unspecified atom stereocenters. The molecule has 1 saturated heterocycles. The van der Waals surface area contributed by atoms with E-state index in [1.807, 2.05) is 12.1 Å². The van der Waals surface area contributed by atoms with Crippen molar-refractivity contribution in [1.29, 1.82) is 0 Å². The summed E-state index contributed by atoms with van der Waals surface area (Å²) in [6.07, 6.45) is 4.94. The van der Waals surface area contributed by atoms with Crippen LogP contribution in [0.15, 0.2) is 42.5 Å². The number of benzene rings is 1. The number of imide groups is 1. The molecule has 0 spiro atoms. The second-order valence-electron chi connectivity index (χ2n) is 6.32. The lowest BCUT2D eigenvalue weighted by Gasteiger charge is -2.45. The Kier molecular flexibility index (Phi) is 2.58. The molecule has 0 aromatic heterocycles. The fourth-order valence-corrected chi connectivity index (χ4v) is 4.29. The maximum atomic E-state index is 12.9. The Morgan fingerprint density at radius 2 is 1.91 bits per heavy atom. The molecule has 4 atom stereocenters. The van der Waals surface area contributed by atoms with E-state index < -0.39 is 23.2 Å². The number of nitrogens with two attached hydrogens (primary N) is 1. The molecule has 5 nitrogen and oxygen atoms in total. The molecule has 1 aromatic carbocycles. The minimum atomic E-state index is -1.00. The molecule has 4 aliphatic rings. The lowest BCUT2D eigenvalue weighted by atomic mass is 9.54. The van der Waals surface area contributed by atoms with Gasteiger partial charge < -0.3 is 5.73 Å². The molecule has 5 rings (SSSR count). The van der Waals surface area contributed by atoms with Crippen LogP contribution in [0.5, 0.6) is 0 Å². The topological polar surface area (TPSA) is 80.5 Å². The SMILES string of the molecule is NC(=O)[C@@]12C=C[C@@H](CC1)[C@H]1C(=O)N(c3ccccc3)C(=O)[C@H]12. The van der Waals surface area contributed by atoms with E-state index in [0.717, 1.165) is 6.42 Å². The molecule has 0 radical (unpaired) electrons. The number of fused-ring (bicyclic) bond motifs is 1. The molecule has 112 valence electrons. The number of para-hydroxylation sites is 1. The largest absolute Gasteiger partial charge is 0.369 e. The van der Waals surface area contributed by atoms with E-state index >= 15 is 0 Å². The quantitative estimate of drug-likeness (QED) is 0.658. The zero-order valence-electron chi connectivity index (χ0n) is 11.9. The van der Waals surface area contributed by atoms with Crippen molar-refractivity contribution in [2.24, 2.45) is 28.9 Å². The zero-order valence-corrected chi connectivity index (χ0v) is 11.9. The minimum absolute atomic E-state index is 0.0244. The van der Waals surface area contributed by atoms with Crippen molar-refractivity contribution in [3.05, 3.63) is 42.5 Å². The van der Waals surface area contributed by atoms with Gasteiger partial charge in [-0.25, -0.2) is 4.90 Å². The van der Waals surface area contributed by atoms with E-state index in [-0.39, 0.29) is 17.7 Å². The van der Waals surface area contributed by atoms with Gasteiger partial charge in [-0.3, -0.25) is 14.4 Å². The number of nitrogens with zero attached hydrogens (tertiary/aromatic N) is 1. The number of allylic oxidation sites excluding steroid dienone is 1. The number of amides is 3. The Morgan fingerprint density at radius 1 is 1.18 bits per heavy atom. The highest BCUT2D eigenvalue weighted by Crippen LogP contribution is 2.56. The first-order valence-electron chi connectivity index (χ1n) is 7.48. The highest BCUT2D eigenvalue weighted by Gasteiger charge is 2.65. The summed E-state index contributed by atoms with van der Waals surface area (Å²) in [5, 5.41) is 0. The molecule has 5 heteroatoms. The van der Waals surface area contributed by atoms with Crippen LogP contribution in [0, 0.1) is 23.2 Å². The fraction of sp³-hybridized carbons (Fsp3) is 0.353. The van der Waals surface area contributed by atoms with Gasteiger partial charge >= 0.3 is 0 Å². The van der Waals surface area contributed by atoms with Gasteiger partial charge in [-0.15, -0.1) is 0 Å². The summed E-state index contributed by atoms with van der Waals surface area (Å²) in [6, 6.07) is 8.87. The molecule has 1 aromatic rings. The molecule has 2 bridgehead atoms. The second-order valence-corrected chi connectivity index (χ2v) is 6.32. The standard InChI is InChI=1S/C17H16N2O3/c18-16(22)17-8-6-10(7-9-17)12-13(17)15(21)19(14(12)20)11-4-2-1-3-5-11/h1-6,8,10,12-13H,7,9H2,(H2,18,22)/t10-,12+,13-,17-/m0/s1. The summed E-state index contributed by atoms with van der Waals surface area (Å²) in [5.41, 5.74) is 5.17. The highest BCUT2D eigenvalue weighted by molar-refractivity contribution is 6.23. The maximum absolute atomic E-state index is 12.9. The van der Waals surface area contributed by atoms with E-state index in [0.29, 0.717) is 12.1 Å². The fourth-order valence-electron chi connectivity index (χ4n) is 4.29. The Balaban J connectivity index is 1.84. The summed E-state index contributed by atoms with van der Waals surface area (Å²) < 4.78 is 0. The van der Waals surface area contributed by atoms with Crippen LogP contribution in [0.4, 0.5) is 5.69 Å². The van der Waals surface area contributed by atoms with Crippen molar-refractivity contribution in [1.82, 2.24) is 0 Å². The third-order valence-corrected chi connectivity index (χ3v) is 5.37. The lowest BCUT2D eigenvalue weighted by Crippen LogP contribution is -2.53. The number of anilines is 1. The van der Waals surface area contributed by atoms with Gasteiger partial charge in [0.05, 0.1) is 22.9 Å². The number of carbonyl (C=O) groups excluding carboxylic acids is 3. The number of primary amides is 1. The molecule has 2 fully saturated rings. The van der Waals surface area contributed by atoms with Crippen molar-refractivity contribution in [3.8, 4) is 0 Å². The predicted octanol–water partition coefficient (Wildman–Crippen LogP) is 1.24. The molecule has 2 N–H and O–H groups in total. The zero-order chi connectivity index (χ0) is 15.5. The number of hydrogen-bond donors (Lipinski definition) is 1. The third-order valence-electron chi connectivity index (χ3n) is 5.37. The monoisotopic (exact) mass is 296 g/mol. The van der Waals surface area contributed by atoms with Crippen LogP contribution >= 0.6 is 0 Å². The number of hydrogen-bond acceptors (Lipinski definition) is 3. The molecule has 1 saturated carbocycles. The second kappa shape index (κ2) is 4.29. The van der Waals surface area contributed by atoms with Gasteiger partial charge in [0.15, 0.2) is 0 Å². The molecular formula is C17H16N2O3. The van der Waals surface area contributed by atoms with E-state index in [4.69, 9.17) is 5.73 Å². The Morgan fingerprint density at radius 3 is 2.50 bits per heavy atom. The van der Waals surface area contributed by atoms with Gasteiger partial charge in [0.1, 0.15) is 0 Å². The van der Waals surface area contributed by atoms with Crippen LogP contribution < -0.4 is 10.6 Å². The molecule has 22 heavy (non-hydrogen) atoms. The minimum Gasteiger partial charge on any atom is -0.369 e. The van der Waals surface area contributed by atoms with Crippen molar-refractivity contribution >= 4 is 23.4 Å². The van der Waals surface area contributed by atoms with Crippen molar-refractivity contribution < 1.29 is 14.4 Å². The van der Waals surface area contributed by atoms with Crippen molar-refractivity contribution in [2.75, 3.05) is 4.90 Å². The molecular weight excluding hydrogens is 280 g/mol. The normalized spacial score (nSPS) is 35.8. The highest BCUT2D eigenvalue weighted by atomic mass is 16.2. The summed E-state index contributed by atoms with van der Waals surface area (Å²) >= 11 is 0. The summed E-state index contributed by atoms with van der Waals surface area (Å²) in [7, 11) is 0. The maximum Gasteiger partial charge on any atom is 0.239 e. The molecule has 3 amide bonds. The average Bonchev–Trinajstić information content (AvgIpc) is 2.83. The van der Waals surface area contributed by atoms with Crippen molar-refractivity contribution in [2.45, 2.75) is 12.8 Å². The Labute approximate surface area is 127 Å². The van der Waals surface area contributed by atoms with Gasteiger partial charge in [0, 0.05) is 0 Å². The third kappa shape index (κ3) is 1.46. The number of carbonyl (C=O) groups is 3. The first kappa shape index (κ1) is 13.2. The first-order chi connectivity index (χ1) is 10.6. The smallest absolute Gasteiger partial charge is 0.239 e. The van der Waals surface area contributed by atoms with E-state index in [2.05, 4.69) is 0 Å². The average molecular weight is 296 g/mol. The van der Waals surface area contributed by atoms with Crippen LogP contribution in [0.3, 0.4) is 0 Å². The van der Waals surface area contributed by atoms with Crippen LogP contribution in [-0.4, -0.2) is 17.7 Å². The lowest BCUT2D eigenvalue weighted by molar-refractivity contribution is -0.141. The molecule has 3 aliphatic carbocycles. The van der Waals surface area contributed by atoms with Crippen LogP contribution in [0.2, 0.25) is 0 Å². The summed E-state index contributed by atoms with van der Waals surface area (Å²) in [5.74, 6) is -2.10. The van der Waals surface area contributed by atoms with Crippen LogP contribution in [0.25, 0.3) is 0 Å². The van der Waals surface area contributed by atoms with Gasteiger partial charge in [0.2, 0.25) is 17.7 Å². The van der Waals surface area contributed by atoms with E-state index in [1.165, 1.54) is 4.90 Å².